The molecular weight excluding hydrogens is 481 g/mol. The Morgan fingerprint density at radius 1 is 1.14 bits per heavy atom. The van der Waals surface area contributed by atoms with Gasteiger partial charge in [-0.25, -0.2) is 4.99 Å². The van der Waals surface area contributed by atoms with Gasteiger partial charge in [0.2, 0.25) is 0 Å². The second kappa shape index (κ2) is 15.6. The lowest BCUT2D eigenvalue weighted by Gasteiger charge is -2.17. The molecule has 1 aromatic rings. The van der Waals surface area contributed by atoms with Crippen molar-refractivity contribution in [1.82, 2.24) is 10.6 Å². The van der Waals surface area contributed by atoms with Crippen LogP contribution in [-0.4, -0.2) is 45.5 Å². The molecule has 0 aliphatic heterocycles. The molecule has 29 heavy (non-hydrogen) atoms. The van der Waals surface area contributed by atoms with Gasteiger partial charge < -0.3 is 24.8 Å². The molecule has 0 heterocycles. The molecule has 1 aliphatic carbocycles. The first-order valence-electron chi connectivity index (χ1n) is 10.7. The highest BCUT2D eigenvalue weighted by molar-refractivity contribution is 14.0. The van der Waals surface area contributed by atoms with E-state index in [9.17, 15) is 0 Å². The number of nitrogens with one attached hydrogen (secondary N) is 2. The average molecular weight is 519 g/mol. The van der Waals surface area contributed by atoms with E-state index in [1.807, 2.05) is 19.1 Å². The SMILES string of the molecule is CCNC(=NCc1ccc(OC)cc1OC1CCCC1)NCCCCOCC.I. The van der Waals surface area contributed by atoms with Gasteiger partial charge in [-0.15, -0.1) is 24.0 Å². The quantitative estimate of drug-likeness (QED) is 0.184. The summed E-state index contributed by atoms with van der Waals surface area (Å²) in [5, 5.41) is 6.71. The molecule has 0 aromatic heterocycles. The van der Waals surface area contributed by atoms with Crippen molar-refractivity contribution in [2.75, 3.05) is 33.4 Å². The summed E-state index contributed by atoms with van der Waals surface area (Å²) in [4.78, 5) is 4.75. The zero-order chi connectivity index (χ0) is 20.0. The molecule has 7 heteroatoms. The fraction of sp³-hybridized carbons (Fsp3) is 0.682. The maximum absolute atomic E-state index is 6.27. The topological polar surface area (TPSA) is 64.1 Å². The molecule has 1 aliphatic rings. The van der Waals surface area contributed by atoms with Gasteiger partial charge in [-0.05, 0) is 64.5 Å². The molecule has 0 atom stereocenters. The van der Waals surface area contributed by atoms with Crippen molar-refractivity contribution in [2.24, 2.45) is 4.99 Å². The summed E-state index contributed by atoms with van der Waals surface area (Å²) >= 11 is 0. The molecule has 0 spiro atoms. The van der Waals surface area contributed by atoms with Crippen LogP contribution in [-0.2, 0) is 11.3 Å². The minimum absolute atomic E-state index is 0. The third-order valence-corrected chi connectivity index (χ3v) is 4.83. The largest absolute Gasteiger partial charge is 0.497 e. The van der Waals surface area contributed by atoms with Gasteiger partial charge in [-0.3, -0.25) is 0 Å². The molecule has 1 saturated carbocycles. The highest BCUT2D eigenvalue weighted by Gasteiger charge is 2.18. The van der Waals surface area contributed by atoms with Crippen LogP contribution in [0.1, 0.15) is 57.9 Å². The number of rotatable bonds is 12. The Morgan fingerprint density at radius 3 is 2.62 bits per heavy atom. The van der Waals surface area contributed by atoms with Crippen molar-refractivity contribution in [3.05, 3.63) is 23.8 Å². The van der Waals surface area contributed by atoms with Crippen LogP contribution in [0.3, 0.4) is 0 Å². The van der Waals surface area contributed by atoms with E-state index in [1.54, 1.807) is 7.11 Å². The van der Waals surface area contributed by atoms with E-state index >= 15 is 0 Å². The van der Waals surface area contributed by atoms with Gasteiger partial charge in [-0.1, -0.05) is 0 Å². The minimum Gasteiger partial charge on any atom is -0.497 e. The molecule has 0 saturated heterocycles. The van der Waals surface area contributed by atoms with Gasteiger partial charge in [0.25, 0.3) is 0 Å². The molecular formula is C22H38IN3O3. The zero-order valence-corrected chi connectivity index (χ0v) is 20.5. The zero-order valence-electron chi connectivity index (χ0n) is 18.2. The minimum atomic E-state index is 0. The molecule has 2 N–H and O–H groups in total. The summed E-state index contributed by atoms with van der Waals surface area (Å²) in [5.74, 6) is 2.55. The lowest BCUT2D eigenvalue weighted by molar-refractivity contribution is 0.143. The Morgan fingerprint density at radius 2 is 1.93 bits per heavy atom. The Kier molecular flexibility index (Phi) is 13.9. The Hall–Kier alpha value is -1.22. The molecule has 0 amide bonds. The van der Waals surface area contributed by atoms with Crippen molar-refractivity contribution < 1.29 is 14.2 Å². The van der Waals surface area contributed by atoms with Gasteiger partial charge in [-0.2, -0.15) is 0 Å². The second-order valence-electron chi connectivity index (χ2n) is 7.02. The number of guanidine groups is 1. The van der Waals surface area contributed by atoms with Crippen LogP contribution >= 0.6 is 24.0 Å². The van der Waals surface area contributed by atoms with E-state index in [2.05, 4.69) is 23.6 Å². The molecule has 2 rings (SSSR count). The van der Waals surface area contributed by atoms with Crippen LogP contribution in [0.5, 0.6) is 11.5 Å². The summed E-state index contributed by atoms with van der Waals surface area (Å²) in [5.41, 5.74) is 1.08. The molecule has 0 radical (unpaired) electrons. The Balaban J connectivity index is 0.00000420. The first-order valence-corrected chi connectivity index (χ1v) is 10.7. The number of nitrogens with zero attached hydrogens (tertiary/aromatic N) is 1. The maximum Gasteiger partial charge on any atom is 0.191 e. The first kappa shape index (κ1) is 25.8. The number of benzene rings is 1. The number of ether oxygens (including phenoxy) is 3. The lowest BCUT2D eigenvalue weighted by Crippen LogP contribution is -2.37. The smallest absolute Gasteiger partial charge is 0.191 e. The van der Waals surface area contributed by atoms with E-state index in [1.165, 1.54) is 12.8 Å². The van der Waals surface area contributed by atoms with Crippen LogP contribution in [0.25, 0.3) is 0 Å². The number of aliphatic imine (C=N–C) groups is 1. The first-order chi connectivity index (χ1) is 13.8. The molecule has 0 bridgehead atoms. The van der Waals surface area contributed by atoms with Crippen molar-refractivity contribution in [3.8, 4) is 11.5 Å². The summed E-state index contributed by atoms with van der Waals surface area (Å²) in [6.45, 7) is 7.99. The molecule has 166 valence electrons. The van der Waals surface area contributed by atoms with Crippen molar-refractivity contribution in [2.45, 2.75) is 65.0 Å². The standard InChI is InChI=1S/C22H37N3O3.HI/c1-4-23-22(24-14-8-9-15-27-5-2)25-17-18-12-13-20(26-3)16-21(18)28-19-10-6-7-11-19;/h12-13,16,19H,4-11,14-15,17H2,1-3H3,(H2,23,24,25);1H. The molecule has 0 unspecified atom stereocenters. The van der Waals surface area contributed by atoms with E-state index in [-0.39, 0.29) is 24.0 Å². The Bertz CT molecular complexity index is 593. The van der Waals surface area contributed by atoms with Gasteiger partial charge in [0.05, 0.1) is 19.8 Å². The van der Waals surface area contributed by atoms with Crippen LogP contribution in [0.15, 0.2) is 23.2 Å². The maximum atomic E-state index is 6.27. The van der Waals surface area contributed by atoms with Crippen LogP contribution < -0.4 is 20.1 Å². The number of methoxy groups -OCH3 is 1. The molecule has 6 nitrogen and oxygen atoms in total. The van der Waals surface area contributed by atoms with Crippen molar-refractivity contribution >= 4 is 29.9 Å². The van der Waals surface area contributed by atoms with Gasteiger partial charge in [0.1, 0.15) is 11.5 Å². The third kappa shape index (κ3) is 9.89. The highest BCUT2D eigenvalue weighted by Crippen LogP contribution is 2.30. The van der Waals surface area contributed by atoms with Gasteiger partial charge in [0, 0.05) is 37.9 Å². The predicted octanol–water partition coefficient (Wildman–Crippen LogP) is 4.51. The van der Waals surface area contributed by atoms with E-state index < -0.39 is 0 Å². The number of halogens is 1. The summed E-state index contributed by atoms with van der Waals surface area (Å²) < 4.78 is 17.0. The summed E-state index contributed by atoms with van der Waals surface area (Å²) in [6.07, 6.45) is 7.19. The van der Waals surface area contributed by atoms with Crippen molar-refractivity contribution in [1.29, 1.82) is 0 Å². The van der Waals surface area contributed by atoms with Crippen LogP contribution in [0.4, 0.5) is 0 Å². The number of unbranched alkanes of at least 4 members (excludes halogenated alkanes) is 1. The van der Waals surface area contributed by atoms with Crippen molar-refractivity contribution in [3.63, 3.8) is 0 Å². The van der Waals surface area contributed by atoms with Gasteiger partial charge in [0.15, 0.2) is 5.96 Å². The van der Waals surface area contributed by atoms with Crippen LogP contribution in [0.2, 0.25) is 0 Å². The normalized spacial score (nSPS) is 14.4. The summed E-state index contributed by atoms with van der Waals surface area (Å²) in [6, 6.07) is 6.01. The lowest BCUT2D eigenvalue weighted by atomic mass is 10.2. The average Bonchev–Trinajstić information content (AvgIpc) is 3.22. The second-order valence-corrected chi connectivity index (χ2v) is 7.02. The third-order valence-electron chi connectivity index (χ3n) is 4.83. The summed E-state index contributed by atoms with van der Waals surface area (Å²) in [7, 11) is 1.69. The Labute approximate surface area is 193 Å². The molecule has 1 fully saturated rings. The fourth-order valence-electron chi connectivity index (χ4n) is 3.27. The van der Waals surface area contributed by atoms with E-state index in [0.29, 0.717) is 12.6 Å². The van der Waals surface area contributed by atoms with E-state index in [4.69, 9.17) is 19.2 Å². The number of hydrogen-bond donors (Lipinski definition) is 2. The molecule has 1 aromatic carbocycles. The van der Waals surface area contributed by atoms with E-state index in [0.717, 1.165) is 75.0 Å². The van der Waals surface area contributed by atoms with Gasteiger partial charge >= 0.3 is 0 Å². The predicted molar refractivity (Wildman–Crippen MR) is 130 cm³/mol. The highest BCUT2D eigenvalue weighted by atomic mass is 127. The van der Waals surface area contributed by atoms with Crippen LogP contribution in [0, 0.1) is 0 Å². The monoisotopic (exact) mass is 519 g/mol. The number of hydrogen-bond acceptors (Lipinski definition) is 4. The fourth-order valence-corrected chi connectivity index (χ4v) is 3.27.